The lowest BCUT2D eigenvalue weighted by Gasteiger charge is -2.39. The van der Waals surface area contributed by atoms with Crippen LogP contribution < -0.4 is 9.64 Å². The molecule has 0 saturated carbocycles. The molecule has 0 aliphatic carbocycles. The minimum atomic E-state index is -0.493. The normalized spacial score (nSPS) is 17.5. The summed E-state index contributed by atoms with van der Waals surface area (Å²) in [5.41, 5.74) is 1.43. The van der Waals surface area contributed by atoms with Gasteiger partial charge in [0.05, 0.1) is 6.61 Å². The van der Waals surface area contributed by atoms with Crippen LogP contribution in [0.25, 0.3) is 0 Å². The summed E-state index contributed by atoms with van der Waals surface area (Å²) in [6.07, 6.45) is 0. The van der Waals surface area contributed by atoms with Crippen LogP contribution >= 0.6 is 0 Å². The van der Waals surface area contributed by atoms with Crippen molar-refractivity contribution in [2.45, 2.75) is 19.9 Å². The van der Waals surface area contributed by atoms with Gasteiger partial charge in [0.15, 0.2) is 0 Å². The Kier molecular flexibility index (Phi) is 5.03. The molecule has 5 nitrogen and oxygen atoms in total. The van der Waals surface area contributed by atoms with Crippen molar-refractivity contribution in [2.24, 2.45) is 0 Å². The van der Waals surface area contributed by atoms with Crippen LogP contribution in [0.3, 0.4) is 0 Å². The molecule has 130 valence electrons. The number of carbonyl (C=O) groups excluding carboxylic acids is 2. The van der Waals surface area contributed by atoms with Crippen molar-refractivity contribution in [3.63, 3.8) is 0 Å². The molecule has 25 heavy (non-hydrogen) atoms. The SMILES string of the molecule is CCOc1ccc(N2CCN(C(=O)c3ccccc3)[C@@H](C)C2=O)cc1. The predicted molar refractivity (Wildman–Crippen MR) is 96.9 cm³/mol. The molecule has 2 aromatic rings. The van der Waals surface area contributed by atoms with Gasteiger partial charge in [0.25, 0.3) is 5.91 Å². The number of benzene rings is 2. The topological polar surface area (TPSA) is 49.9 Å². The first-order valence-corrected chi connectivity index (χ1v) is 8.52. The van der Waals surface area contributed by atoms with E-state index >= 15 is 0 Å². The van der Waals surface area contributed by atoms with E-state index in [4.69, 9.17) is 4.74 Å². The van der Waals surface area contributed by atoms with Gasteiger partial charge >= 0.3 is 0 Å². The second-order valence-electron chi connectivity index (χ2n) is 5.96. The molecule has 2 amide bonds. The fourth-order valence-corrected chi connectivity index (χ4v) is 3.04. The van der Waals surface area contributed by atoms with Gasteiger partial charge in [-0.05, 0) is 50.2 Å². The maximum absolute atomic E-state index is 12.8. The van der Waals surface area contributed by atoms with E-state index in [9.17, 15) is 9.59 Å². The molecule has 1 atom stereocenters. The number of hydrogen-bond donors (Lipinski definition) is 0. The lowest BCUT2D eigenvalue weighted by molar-refractivity contribution is -0.124. The summed E-state index contributed by atoms with van der Waals surface area (Å²) in [5, 5.41) is 0. The Bertz CT molecular complexity index is 743. The van der Waals surface area contributed by atoms with Crippen LogP contribution in [0, 0.1) is 0 Å². The molecular formula is C20H22N2O3. The molecule has 3 rings (SSSR count). The van der Waals surface area contributed by atoms with Crippen molar-refractivity contribution in [1.29, 1.82) is 0 Å². The quantitative estimate of drug-likeness (QED) is 0.861. The van der Waals surface area contributed by atoms with Gasteiger partial charge in [-0.15, -0.1) is 0 Å². The number of carbonyl (C=O) groups is 2. The summed E-state index contributed by atoms with van der Waals surface area (Å²) in [4.78, 5) is 28.8. The number of nitrogens with zero attached hydrogens (tertiary/aromatic N) is 2. The molecule has 2 aromatic carbocycles. The average molecular weight is 338 g/mol. The maximum atomic E-state index is 12.8. The van der Waals surface area contributed by atoms with E-state index in [-0.39, 0.29) is 11.8 Å². The Balaban J connectivity index is 1.74. The van der Waals surface area contributed by atoms with E-state index < -0.39 is 6.04 Å². The highest BCUT2D eigenvalue weighted by molar-refractivity contribution is 6.03. The lowest BCUT2D eigenvalue weighted by atomic mass is 10.1. The van der Waals surface area contributed by atoms with Gasteiger partial charge in [-0.25, -0.2) is 0 Å². The molecule has 1 fully saturated rings. The molecule has 0 bridgehead atoms. The third-order valence-corrected chi connectivity index (χ3v) is 4.40. The number of ether oxygens (including phenoxy) is 1. The van der Waals surface area contributed by atoms with Crippen molar-refractivity contribution in [3.8, 4) is 5.75 Å². The Morgan fingerprint density at radius 2 is 1.76 bits per heavy atom. The fraction of sp³-hybridized carbons (Fsp3) is 0.300. The molecule has 0 N–H and O–H groups in total. The first kappa shape index (κ1) is 17.0. The molecule has 5 heteroatoms. The smallest absolute Gasteiger partial charge is 0.254 e. The molecule has 0 unspecified atom stereocenters. The average Bonchev–Trinajstić information content (AvgIpc) is 2.65. The van der Waals surface area contributed by atoms with Crippen LogP contribution in [0.15, 0.2) is 54.6 Å². The minimum absolute atomic E-state index is 0.0697. The highest BCUT2D eigenvalue weighted by Gasteiger charge is 2.35. The van der Waals surface area contributed by atoms with E-state index in [0.717, 1.165) is 11.4 Å². The molecular weight excluding hydrogens is 316 g/mol. The zero-order valence-corrected chi connectivity index (χ0v) is 14.5. The summed E-state index contributed by atoms with van der Waals surface area (Å²) in [5.74, 6) is 0.608. The number of amides is 2. The van der Waals surface area contributed by atoms with E-state index in [1.807, 2.05) is 49.4 Å². The van der Waals surface area contributed by atoms with Crippen LogP contribution in [0.5, 0.6) is 5.75 Å². The third-order valence-electron chi connectivity index (χ3n) is 4.40. The first-order chi connectivity index (χ1) is 12.1. The Morgan fingerprint density at radius 3 is 2.40 bits per heavy atom. The molecule has 0 radical (unpaired) electrons. The van der Waals surface area contributed by atoms with E-state index in [1.54, 1.807) is 28.9 Å². The van der Waals surface area contributed by atoms with Gasteiger partial charge in [0.2, 0.25) is 5.91 Å². The molecule has 1 saturated heterocycles. The summed E-state index contributed by atoms with van der Waals surface area (Å²) in [6, 6.07) is 16.1. The number of anilines is 1. The maximum Gasteiger partial charge on any atom is 0.254 e. The Labute approximate surface area is 147 Å². The van der Waals surface area contributed by atoms with Gasteiger partial charge in [-0.1, -0.05) is 18.2 Å². The van der Waals surface area contributed by atoms with Crippen molar-refractivity contribution in [3.05, 3.63) is 60.2 Å². The Morgan fingerprint density at radius 1 is 1.08 bits per heavy atom. The molecule has 1 aliphatic rings. The van der Waals surface area contributed by atoms with Crippen molar-refractivity contribution in [2.75, 3.05) is 24.6 Å². The lowest BCUT2D eigenvalue weighted by Crippen LogP contribution is -2.57. The Hall–Kier alpha value is -2.82. The summed E-state index contributed by atoms with van der Waals surface area (Å²) in [7, 11) is 0. The van der Waals surface area contributed by atoms with Crippen molar-refractivity contribution >= 4 is 17.5 Å². The summed E-state index contributed by atoms with van der Waals surface area (Å²) < 4.78 is 5.44. The second-order valence-corrected chi connectivity index (χ2v) is 5.96. The van der Waals surface area contributed by atoms with Crippen LogP contribution in [-0.4, -0.2) is 42.5 Å². The van der Waals surface area contributed by atoms with Crippen molar-refractivity contribution in [1.82, 2.24) is 4.90 Å². The zero-order chi connectivity index (χ0) is 17.8. The molecule has 1 aliphatic heterocycles. The number of piperazine rings is 1. The van der Waals surface area contributed by atoms with Gasteiger partial charge in [0, 0.05) is 24.3 Å². The van der Waals surface area contributed by atoms with Crippen LogP contribution in [-0.2, 0) is 4.79 Å². The third kappa shape index (κ3) is 3.50. The van der Waals surface area contributed by atoms with Crippen molar-refractivity contribution < 1.29 is 14.3 Å². The molecule has 1 heterocycles. The zero-order valence-electron chi connectivity index (χ0n) is 14.5. The monoisotopic (exact) mass is 338 g/mol. The van der Waals surface area contributed by atoms with E-state index in [1.165, 1.54) is 0 Å². The standard InChI is InChI=1S/C20H22N2O3/c1-3-25-18-11-9-17(10-12-18)22-14-13-21(15(2)19(22)23)20(24)16-7-5-4-6-8-16/h4-12,15H,3,13-14H2,1-2H3/t15-/m0/s1. The van der Waals surface area contributed by atoms with Crippen LogP contribution in [0.1, 0.15) is 24.2 Å². The highest BCUT2D eigenvalue weighted by Crippen LogP contribution is 2.24. The van der Waals surface area contributed by atoms with Gasteiger partial charge < -0.3 is 14.5 Å². The molecule has 0 spiro atoms. The van der Waals surface area contributed by atoms with Gasteiger partial charge in [-0.3, -0.25) is 9.59 Å². The second kappa shape index (κ2) is 7.38. The minimum Gasteiger partial charge on any atom is -0.494 e. The van der Waals surface area contributed by atoms with E-state index in [2.05, 4.69) is 0 Å². The number of hydrogen-bond acceptors (Lipinski definition) is 3. The van der Waals surface area contributed by atoms with Crippen LogP contribution in [0.4, 0.5) is 5.69 Å². The van der Waals surface area contributed by atoms with Crippen LogP contribution in [0.2, 0.25) is 0 Å². The van der Waals surface area contributed by atoms with Gasteiger partial charge in [-0.2, -0.15) is 0 Å². The first-order valence-electron chi connectivity index (χ1n) is 8.52. The largest absolute Gasteiger partial charge is 0.494 e. The highest BCUT2D eigenvalue weighted by atomic mass is 16.5. The van der Waals surface area contributed by atoms with Gasteiger partial charge in [0.1, 0.15) is 11.8 Å². The summed E-state index contributed by atoms with van der Waals surface area (Å²) >= 11 is 0. The fourth-order valence-electron chi connectivity index (χ4n) is 3.04. The summed E-state index contributed by atoms with van der Waals surface area (Å²) in [6.45, 7) is 5.31. The number of rotatable bonds is 4. The van der Waals surface area contributed by atoms with E-state index in [0.29, 0.717) is 25.3 Å². The predicted octanol–water partition coefficient (Wildman–Crippen LogP) is 2.96. The molecule has 0 aromatic heterocycles.